The van der Waals surface area contributed by atoms with Crippen LogP contribution in [0.1, 0.15) is 5.56 Å². The van der Waals surface area contributed by atoms with Crippen molar-refractivity contribution < 1.29 is 4.92 Å². The second kappa shape index (κ2) is 5.99. The van der Waals surface area contributed by atoms with Gasteiger partial charge in [-0.15, -0.1) is 24.8 Å². The number of benzene rings is 1. The van der Waals surface area contributed by atoms with Crippen LogP contribution in [0.25, 0.3) is 0 Å². The average molecular weight is 268 g/mol. The van der Waals surface area contributed by atoms with Crippen molar-refractivity contribution in [2.24, 2.45) is 5.73 Å². The zero-order chi connectivity index (χ0) is 10.9. The van der Waals surface area contributed by atoms with E-state index in [2.05, 4.69) is 0 Å². The molecule has 0 aliphatic carbocycles. The van der Waals surface area contributed by atoms with E-state index in [0.29, 0.717) is 0 Å². The monoisotopic (exact) mass is 267 g/mol. The average Bonchev–Trinajstić information content (AvgIpc) is 2.08. The van der Waals surface area contributed by atoms with Gasteiger partial charge in [0.1, 0.15) is 11.5 Å². The van der Waals surface area contributed by atoms with Gasteiger partial charge in [0.2, 0.25) is 0 Å². The Morgan fingerprint density at radius 3 is 2.19 bits per heavy atom. The van der Waals surface area contributed by atoms with Gasteiger partial charge >= 0.3 is 0 Å². The highest BCUT2D eigenvalue weighted by atomic mass is 35.5. The predicted molar refractivity (Wildman–Crippen MR) is 67.4 cm³/mol. The Bertz CT molecular complexity index is 423. The minimum absolute atomic E-state index is 0. The van der Waals surface area contributed by atoms with Gasteiger partial charge in [-0.2, -0.15) is 0 Å². The van der Waals surface area contributed by atoms with Crippen LogP contribution in [0, 0.1) is 15.5 Å². The third kappa shape index (κ3) is 3.14. The van der Waals surface area contributed by atoms with Crippen LogP contribution in [-0.4, -0.2) is 10.8 Å². The highest BCUT2D eigenvalue weighted by molar-refractivity contribution is 5.98. The van der Waals surface area contributed by atoms with Gasteiger partial charge in [-0.1, -0.05) is 0 Å². The Hall–Kier alpha value is -1.73. The summed E-state index contributed by atoms with van der Waals surface area (Å²) in [4.78, 5) is 9.84. The standard InChI is InChI=1S/C7H9N5O2.2ClH/c8-4-1-3(7(10)11)2-5(6(4)9)12(13)14;;/h1-2H,8-9H2,(H3,10,11);2*1H. The van der Waals surface area contributed by atoms with Crippen molar-refractivity contribution in [1.82, 2.24) is 0 Å². The molecule has 7 nitrogen and oxygen atoms in total. The molecular weight excluding hydrogens is 257 g/mol. The van der Waals surface area contributed by atoms with E-state index < -0.39 is 4.92 Å². The van der Waals surface area contributed by atoms with Gasteiger partial charge in [0.15, 0.2) is 0 Å². The van der Waals surface area contributed by atoms with E-state index in [4.69, 9.17) is 22.6 Å². The van der Waals surface area contributed by atoms with Crippen LogP contribution in [-0.2, 0) is 0 Å². The number of anilines is 2. The van der Waals surface area contributed by atoms with Gasteiger partial charge in [0.05, 0.1) is 10.6 Å². The van der Waals surface area contributed by atoms with Crippen molar-refractivity contribution in [3.05, 3.63) is 27.8 Å². The SMILES string of the molecule is Cl.Cl.N=C(N)c1cc(N)c(N)c([N+](=O)[O-])c1. The number of hydrogen-bond donors (Lipinski definition) is 4. The van der Waals surface area contributed by atoms with Crippen LogP contribution in [0.2, 0.25) is 0 Å². The molecular formula is C7H11Cl2N5O2. The maximum Gasteiger partial charge on any atom is 0.294 e. The van der Waals surface area contributed by atoms with Gasteiger partial charge < -0.3 is 17.2 Å². The van der Waals surface area contributed by atoms with Crippen molar-refractivity contribution in [3.63, 3.8) is 0 Å². The number of amidine groups is 1. The van der Waals surface area contributed by atoms with E-state index in [9.17, 15) is 10.1 Å². The first-order valence-electron chi connectivity index (χ1n) is 3.61. The second-order valence-electron chi connectivity index (χ2n) is 2.67. The molecule has 0 radical (unpaired) electrons. The van der Waals surface area contributed by atoms with E-state index >= 15 is 0 Å². The molecule has 1 aromatic rings. The highest BCUT2D eigenvalue weighted by Crippen LogP contribution is 2.28. The molecule has 1 rings (SSSR count). The lowest BCUT2D eigenvalue weighted by molar-refractivity contribution is -0.383. The van der Waals surface area contributed by atoms with Crippen LogP contribution in [0.4, 0.5) is 17.1 Å². The number of hydrogen-bond acceptors (Lipinski definition) is 5. The molecule has 0 heterocycles. The summed E-state index contributed by atoms with van der Waals surface area (Å²) >= 11 is 0. The predicted octanol–water partition coefficient (Wildman–Crippen LogP) is 0.887. The molecule has 0 saturated carbocycles. The zero-order valence-electron chi connectivity index (χ0n) is 7.97. The summed E-state index contributed by atoms with van der Waals surface area (Å²) in [6, 6.07) is 2.44. The molecule has 0 aliphatic heterocycles. The molecule has 0 amide bonds. The molecule has 90 valence electrons. The molecule has 0 aliphatic rings. The molecule has 0 unspecified atom stereocenters. The van der Waals surface area contributed by atoms with Crippen molar-refractivity contribution >= 4 is 47.7 Å². The largest absolute Gasteiger partial charge is 0.397 e. The minimum Gasteiger partial charge on any atom is -0.397 e. The Kier molecular flexibility index (Phi) is 6.24. The first-order chi connectivity index (χ1) is 6.43. The van der Waals surface area contributed by atoms with E-state index in [-0.39, 0.29) is 53.3 Å². The third-order valence-electron chi connectivity index (χ3n) is 1.70. The molecule has 0 atom stereocenters. The zero-order valence-corrected chi connectivity index (χ0v) is 9.60. The summed E-state index contributed by atoms with van der Waals surface area (Å²) in [5, 5.41) is 17.6. The molecule has 0 aromatic heterocycles. The van der Waals surface area contributed by atoms with E-state index in [1.165, 1.54) is 6.07 Å². The van der Waals surface area contributed by atoms with Crippen LogP contribution in [0.15, 0.2) is 12.1 Å². The molecule has 1 aromatic carbocycles. The maximum absolute atomic E-state index is 10.5. The number of nitrogens with zero attached hydrogens (tertiary/aromatic N) is 1. The number of rotatable bonds is 2. The smallest absolute Gasteiger partial charge is 0.294 e. The number of nitro benzene ring substituents is 1. The van der Waals surface area contributed by atoms with Crippen LogP contribution >= 0.6 is 24.8 Å². The summed E-state index contributed by atoms with van der Waals surface area (Å²) in [7, 11) is 0. The Morgan fingerprint density at radius 1 is 1.31 bits per heavy atom. The first-order valence-corrected chi connectivity index (χ1v) is 3.61. The normalized spacial score (nSPS) is 8.50. The summed E-state index contributed by atoms with van der Waals surface area (Å²) < 4.78 is 0. The molecule has 0 fully saturated rings. The van der Waals surface area contributed by atoms with E-state index in [1.807, 2.05) is 0 Å². The maximum atomic E-state index is 10.5. The number of nitro groups is 1. The van der Waals surface area contributed by atoms with Crippen molar-refractivity contribution in [2.45, 2.75) is 0 Å². The second-order valence-corrected chi connectivity index (χ2v) is 2.67. The van der Waals surface area contributed by atoms with Crippen molar-refractivity contribution in [1.29, 1.82) is 5.41 Å². The van der Waals surface area contributed by atoms with Gasteiger partial charge in [0, 0.05) is 11.6 Å². The lowest BCUT2D eigenvalue weighted by Crippen LogP contribution is -2.13. The fraction of sp³-hybridized carbons (Fsp3) is 0. The van der Waals surface area contributed by atoms with Gasteiger partial charge in [-0.05, 0) is 6.07 Å². The lowest BCUT2D eigenvalue weighted by atomic mass is 10.1. The van der Waals surface area contributed by atoms with Crippen LogP contribution in [0.3, 0.4) is 0 Å². The summed E-state index contributed by atoms with van der Waals surface area (Å²) in [5.41, 5.74) is 15.7. The first kappa shape index (κ1) is 16.7. The molecule has 16 heavy (non-hydrogen) atoms. The van der Waals surface area contributed by atoms with Crippen LogP contribution in [0.5, 0.6) is 0 Å². The topological polar surface area (TPSA) is 145 Å². The fourth-order valence-corrected chi connectivity index (χ4v) is 0.966. The number of nitrogens with one attached hydrogen (secondary N) is 1. The van der Waals surface area contributed by atoms with E-state index in [0.717, 1.165) is 6.07 Å². The highest BCUT2D eigenvalue weighted by Gasteiger charge is 2.16. The van der Waals surface area contributed by atoms with E-state index in [1.54, 1.807) is 0 Å². The summed E-state index contributed by atoms with van der Waals surface area (Å²) in [6.45, 7) is 0. The lowest BCUT2D eigenvalue weighted by Gasteiger charge is -2.04. The molecule has 7 N–H and O–H groups in total. The molecule has 0 bridgehead atoms. The minimum atomic E-state index is -0.669. The van der Waals surface area contributed by atoms with Gasteiger partial charge in [-0.3, -0.25) is 15.5 Å². The number of nitrogens with two attached hydrogens (primary N) is 3. The Labute approximate surface area is 103 Å². The van der Waals surface area contributed by atoms with Gasteiger partial charge in [-0.25, -0.2) is 0 Å². The quantitative estimate of drug-likeness (QED) is 0.207. The number of nitrogen functional groups attached to an aromatic ring is 3. The van der Waals surface area contributed by atoms with Crippen LogP contribution < -0.4 is 17.2 Å². The Balaban J connectivity index is 0. The third-order valence-corrected chi connectivity index (χ3v) is 1.70. The number of halogens is 2. The van der Waals surface area contributed by atoms with Crippen molar-refractivity contribution in [3.8, 4) is 0 Å². The van der Waals surface area contributed by atoms with Gasteiger partial charge in [0.25, 0.3) is 5.69 Å². The molecule has 9 heteroatoms. The molecule has 0 saturated heterocycles. The molecule has 0 spiro atoms. The summed E-state index contributed by atoms with van der Waals surface area (Å²) in [6.07, 6.45) is 0. The summed E-state index contributed by atoms with van der Waals surface area (Å²) in [5.74, 6) is -0.292. The Morgan fingerprint density at radius 2 is 1.81 bits per heavy atom. The van der Waals surface area contributed by atoms with Crippen molar-refractivity contribution in [2.75, 3.05) is 11.5 Å². The fourth-order valence-electron chi connectivity index (χ4n) is 0.966.